The van der Waals surface area contributed by atoms with Gasteiger partial charge in [-0.25, -0.2) is 4.39 Å². The molecule has 1 amide bonds. The van der Waals surface area contributed by atoms with E-state index in [1.165, 1.54) is 18.2 Å². The third-order valence-electron chi connectivity index (χ3n) is 2.70. The SMILES string of the molecule is N#C/C(=C\c1cccc(Br)c1)C(=O)Nc1ccc(Br)cc1F. The Bertz CT molecular complexity index is 797. The lowest BCUT2D eigenvalue weighted by Gasteiger charge is -2.06. The summed E-state index contributed by atoms with van der Waals surface area (Å²) < 4.78 is 15.1. The van der Waals surface area contributed by atoms with Crippen LogP contribution in [0.3, 0.4) is 0 Å². The molecule has 2 aromatic carbocycles. The highest BCUT2D eigenvalue weighted by atomic mass is 79.9. The van der Waals surface area contributed by atoms with E-state index >= 15 is 0 Å². The van der Waals surface area contributed by atoms with E-state index in [9.17, 15) is 9.18 Å². The minimum absolute atomic E-state index is 0.0172. The van der Waals surface area contributed by atoms with Crippen molar-refractivity contribution < 1.29 is 9.18 Å². The van der Waals surface area contributed by atoms with E-state index in [1.54, 1.807) is 24.3 Å². The molecule has 1 N–H and O–H groups in total. The van der Waals surface area contributed by atoms with Crippen molar-refractivity contribution in [2.75, 3.05) is 5.32 Å². The molecule has 0 aliphatic carbocycles. The van der Waals surface area contributed by atoms with Crippen molar-refractivity contribution in [1.29, 1.82) is 5.26 Å². The van der Waals surface area contributed by atoms with Gasteiger partial charge in [-0.05, 0) is 42.0 Å². The molecule has 3 nitrogen and oxygen atoms in total. The maximum Gasteiger partial charge on any atom is 0.266 e. The van der Waals surface area contributed by atoms with Gasteiger partial charge in [0, 0.05) is 8.95 Å². The van der Waals surface area contributed by atoms with Crippen LogP contribution < -0.4 is 5.32 Å². The Morgan fingerprint density at radius 1 is 1.18 bits per heavy atom. The highest BCUT2D eigenvalue weighted by Gasteiger charge is 2.12. The molecular weight excluding hydrogens is 415 g/mol. The smallest absolute Gasteiger partial charge is 0.266 e. The maximum atomic E-state index is 13.7. The lowest BCUT2D eigenvalue weighted by atomic mass is 10.1. The van der Waals surface area contributed by atoms with Crippen molar-refractivity contribution in [3.63, 3.8) is 0 Å². The predicted octanol–water partition coefficient (Wildman–Crippen LogP) is 4.90. The van der Waals surface area contributed by atoms with Crippen LogP contribution in [0.25, 0.3) is 6.08 Å². The molecule has 0 saturated carbocycles. The number of nitriles is 1. The average Bonchev–Trinajstić information content (AvgIpc) is 2.47. The monoisotopic (exact) mass is 422 g/mol. The molecule has 0 bridgehead atoms. The molecule has 0 atom stereocenters. The lowest BCUT2D eigenvalue weighted by Crippen LogP contribution is -2.14. The normalized spacial score (nSPS) is 10.9. The van der Waals surface area contributed by atoms with Crippen LogP contribution in [-0.2, 0) is 4.79 Å². The van der Waals surface area contributed by atoms with Gasteiger partial charge in [0.25, 0.3) is 5.91 Å². The molecule has 2 rings (SSSR count). The predicted molar refractivity (Wildman–Crippen MR) is 90.5 cm³/mol. The van der Waals surface area contributed by atoms with Crippen LogP contribution in [-0.4, -0.2) is 5.91 Å². The third-order valence-corrected chi connectivity index (χ3v) is 3.69. The summed E-state index contributed by atoms with van der Waals surface area (Å²) in [7, 11) is 0. The van der Waals surface area contributed by atoms with Gasteiger partial charge >= 0.3 is 0 Å². The van der Waals surface area contributed by atoms with E-state index < -0.39 is 11.7 Å². The van der Waals surface area contributed by atoms with Crippen LogP contribution >= 0.6 is 31.9 Å². The zero-order valence-corrected chi connectivity index (χ0v) is 14.3. The van der Waals surface area contributed by atoms with Crippen LogP contribution in [0.2, 0.25) is 0 Å². The van der Waals surface area contributed by atoms with Gasteiger partial charge in [0.1, 0.15) is 17.5 Å². The number of benzene rings is 2. The van der Waals surface area contributed by atoms with Gasteiger partial charge < -0.3 is 5.32 Å². The molecule has 22 heavy (non-hydrogen) atoms. The second-order valence-corrected chi connectivity index (χ2v) is 6.13. The molecule has 0 spiro atoms. The molecule has 0 saturated heterocycles. The first-order chi connectivity index (χ1) is 10.5. The fraction of sp³-hybridized carbons (Fsp3) is 0. The summed E-state index contributed by atoms with van der Waals surface area (Å²) in [6.45, 7) is 0. The second kappa shape index (κ2) is 7.34. The topological polar surface area (TPSA) is 52.9 Å². The molecule has 0 aromatic heterocycles. The summed E-state index contributed by atoms with van der Waals surface area (Å²) >= 11 is 6.45. The molecule has 0 fully saturated rings. The Labute approximate surface area is 143 Å². The number of nitrogens with one attached hydrogen (secondary N) is 1. The Morgan fingerprint density at radius 2 is 1.91 bits per heavy atom. The molecule has 2 aromatic rings. The van der Waals surface area contributed by atoms with Crippen LogP contribution in [0.4, 0.5) is 10.1 Å². The van der Waals surface area contributed by atoms with E-state index in [2.05, 4.69) is 37.2 Å². The summed E-state index contributed by atoms with van der Waals surface area (Å²) in [4.78, 5) is 12.1. The Balaban J connectivity index is 2.24. The number of rotatable bonds is 3. The molecular formula is C16H9Br2FN2O. The quantitative estimate of drug-likeness (QED) is 0.564. The maximum absolute atomic E-state index is 13.7. The highest BCUT2D eigenvalue weighted by molar-refractivity contribution is 9.10. The first-order valence-electron chi connectivity index (χ1n) is 6.13. The number of nitrogens with zero attached hydrogens (tertiary/aromatic N) is 1. The highest BCUT2D eigenvalue weighted by Crippen LogP contribution is 2.20. The van der Waals surface area contributed by atoms with Crippen LogP contribution in [0.1, 0.15) is 5.56 Å². The zero-order valence-electron chi connectivity index (χ0n) is 11.1. The number of hydrogen-bond donors (Lipinski definition) is 1. The van der Waals surface area contributed by atoms with Crippen molar-refractivity contribution >= 4 is 49.5 Å². The van der Waals surface area contributed by atoms with E-state index in [-0.39, 0.29) is 11.3 Å². The number of carbonyl (C=O) groups excluding carboxylic acids is 1. The van der Waals surface area contributed by atoms with Gasteiger partial charge in [-0.3, -0.25) is 4.79 Å². The van der Waals surface area contributed by atoms with Crippen LogP contribution in [0, 0.1) is 17.1 Å². The van der Waals surface area contributed by atoms with Crippen molar-refractivity contribution in [3.8, 4) is 6.07 Å². The van der Waals surface area contributed by atoms with E-state index in [0.717, 1.165) is 4.47 Å². The van der Waals surface area contributed by atoms with Crippen molar-refractivity contribution in [2.45, 2.75) is 0 Å². The minimum Gasteiger partial charge on any atom is -0.319 e. The van der Waals surface area contributed by atoms with Crippen molar-refractivity contribution in [1.82, 2.24) is 0 Å². The molecule has 0 unspecified atom stereocenters. The van der Waals surface area contributed by atoms with Crippen molar-refractivity contribution in [3.05, 3.63) is 68.4 Å². The molecule has 0 aliphatic rings. The van der Waals surface area contributed by atoms with Gasteiger partial charge in [-0.2, -0.15) is 5.26 Å². The Kier molecular flexibility index (Phi) is 5.47. The Morgan fingerprint density at radius 3 is 2.55 bits per heavy atom. The third kappa shape index (κ3) is 4.26. The molecule has 110 valence electrons. The standard InChI is InChI=1S/C16H9Br2FN2O/c17-12-3-1-2-10(7-12)6-11(9-20)16(22)21-15-5-4-13(18)8-14(15)19/h1-8H,(H,21,22)/b11-6+. The summed E-state index contributed by atoms with van der Waals surface area (Å²) in [5, 5.41) is 11.5. The zero-order chi connectivity index (χ0) is 16.1. The van der Waals surface area contributed by atoms with E-state index in [4.69, 9.17) is 5.26 Å². The van der Waals surface area contributed by atoms with Gasteiger partial charge in [-0.1, -0.05) is 44.0 Å². The molecule has 0 aliphatic heterocycles. The number of anilines is 1. The fourth-order valence-corrected chi connectivity index (χ4v) is 2.44. The number of hydrogen-bond acceptors (Lipinski definition) is 2. The largest absolute Gasteiger partial charge is 0.319 e. The molecule has 6 heteroatoms. The molecule has 0 radical (unpaired) electrons. The second-order valence-electron chi connectivity index (χ2n) is 4.30. The van der Waals surface area contributed by atoms with Gasteiger partial charge in [0.15, 0.2) is 0 Å². The van der Waals surface area contributed by atoms with Crippen LogP contribution in [0.5, 0.6) is 0 Å². The van der Waals surface area contributed by atoms with Crippen LogP contribution in [0.15, 0.2) is 57.0 Å². The first-order valence-corrected chi connectivity index (χ1v) is 7.72. The van der Waals surface area contributed by atoms with E-state index in [1.807, 2.05) is 12.1 Å². The Hall–Kier alpha value is -1.97. The van der Waals surface area contributed by atoms with E-state index in [0.29, 0.717) is 10.0 Å². The fourth-order valence-electron chi connectivity index (χ4n) is 1.69. The summed E-state index contributed by atoms with van der Waals surface area (Å²) in [5.74, 6) is -1.24. The number of halogens is 3. The molecule has 0 heterocycles. The van der Waals surface area contributed by atoms with Gasteiger partial charge in [0.05, 0.1) is 5.69 Å². The van der Waals surface area contributed by atoms with Crippen molar-refractivity contribution in [2.24, 2.45) is 0 Å². The number of amides is 1. The van der Waals surface area contributed by atoms with Gasteiger partial charge in [0.2, 0.25) is 0 Å². The summed E-state index contributed by atoms with van der Waals surface area (Å²) in [5.41, 5.74) is 0.598. The minimum atomic E-state index is -0.663. The van der Waals surface area contributed by atoms with Gasteiger partial charge in [-0.15, -0.1) is 0 Å². The first kappa shape index (κ1) is 16.4. The lowest BCUT2D eigenvalue weighted by molar-refractivity contribution is -0.112. The summed E-state index contributed by atoms with van der Waals surface area (Å²) in [6, 6.07) is 13.2. The number of carbonyl (C=O) groups is 1. The average molecular weight is 424 g/mol. The summed E-state index contributed by atoms with van der Waals surface area (Å²) in [6.07, 6.45) is 1.44.